The fourth-order valence-electron chi connectivity index (χ4n) is 3.60. The van der Waals surface area contributed by atoms with Gasteiger partial charge in [-0.05, 0) is 42.0 Å². The normalized spacial score (nSPS) is 20.3. The standard InChI is InChI=1S/C21H21NO3/c1-25-17-11-7-14(8-12-17)13-22-19(16-9-10-16)18(20(23)21(22)24)15-5-3-2-4-6-15/h2-8,11-12,16,19,23H,9-10,13H2,1H3. The molecule has 0 bridgehead atoms. The van der Waals surface area contributed by atoms with E-state index in [2.05, 4.69) is 0 Å². The van der Waals surface area contributed by atoms with Crippen LogP contribution in [0.2, 0.25) is 0 Å². The van der Waals surface area contributed by atoms with E-state index in [9.17, 15) is 9.90 Å². The summed E-state index contributed by atoms with van der Waals surface area (Å²) in [5, 5.41) is 10.6. The summed E-state index contributed by atoms with van der Waals surface area (Å²) in [4.78, 5) is 14.6. The molecule has 1 aliphatic carbocycles. The van der Waals surface area contributed by atoms with Crippen LogP contribution in [0.3, 0.4) is 0 Å². The van der Waals surface area contributed by atoms with Gasteiger partial charge in [0, 0.05) is 12.1 Å². The van der Waals surface area contributed by atoms with E-state index in [0.29, 0.717) is 12.5 Å². The third-order valence-corrected chi connectivity index (χ3v) is 5.02. The summed E-state index contributed by atoms with van der Waals surface area (Å²) in [6, 6.07) is 17.4. The molecule has 0 saturated heterocycles. The summed E-state index contributed by atoms with van der Waals surface area (Å²) in [7, 11) is 1.64. The van der Waals surface area contributed by atoms with Crippen molar-refractivity contribution in [3.8, 4) is 5.75 Å². The summed E-state index contributed by atoms with van der Waals surface area (Å²) in [6.45, 7) is 0.490. The molecule has 1 fully saturated rings. The van der Waals surface area contributed by atoms with Crippen LogP contribution in [0.25, 0.3) is 5.57 Å². The van der Waals surface area contributed by atoms with E-state index in [4.69, 9.17) is 4.74 Å². The van der Waals surface area contributed by atoms with Gasteiger partial charge in [0.05, 0.1) is 13.2 Å². The van der Waals surface area contributed by atoms with Crippen molar-refractivity contribution in [1.29, 1.82) is 0 Å². The predicted octanol–water partition coefficient (Wildman–Crippen LogP) is 3.79. The highest BCUT2D eigenvalue weighted by molar-refractivity contribution is 6.05. The molecular formula is C21H21NO3. The maximum absolute atomic E-state index is 12.8. The number of benzene rings is 2. The molecular weight excluding hydrogens is 314 g/mol. The summed E-state index contributed by atoms with van der Waals surface area (Å²) in [5.74, 6) is 0.853. The zero-order valence-corrected chi connectivity index (χ0v) is 14.2. The minimum Gasteiger partial charge on any atom is -0.503 e. The number of carbonyl (C=O) groups is 1. The van der Waals surface area contributed by atoms with E-state index in [1.165, 1.54) is 0 Å². The van der Waals surface area contributed by atoms with Gasteiger partial charge in [-0.25, -0.2) is 0 Å². The molecule has 2 aromatic carbocycles. The van der Waals surface area contributed by atoms with Crippen LogP contribution in [0.15, 0.2) is 60.4 Å². The molecule has 4 heteroatoms. The van der Waals surface area contributed by atoms with Crippen LogP contribution in [-0.2, 0) is 11.3 Å². The summed E-state index contributed by atoms with van der Waals surface area (Å²) in [5.41, 5.74) is 2.74. The van der Waals surface area contributed by atoms with Crippen molar-refractivity contribution in [2.24, 2.45) is 5.92 Å². The first-order valence-electron chi connectivity index (χ1n) is 8.61. The fourth-order valence-corrected chi connectivity index (χ4v) is 3.60. The number of rotatable bonds is 5. The average Bonchev–Trinajstić information content (AvgIpc) is 3.46. The Balaban J connectivity index is 1.65. The minimum absolute atomic E-state index is 0.0444. The molecule has 1 N–H and O–H groups in total. The molecule has 1 unspecified atom stereocenters. The van der Waals surface area contributed by atoms with E-state index >= 15 is 0 Å². The smallest absolute Gasteiger partial charge is 0.289 e. The molecule has 4 nitrogen and oxygen atoms in total. The van der Waals surface area contributed by atoms with Crippen molar-refractivity contribution in [1.82, 2.24) is 4.90 Å². The van der Waals surface area contributed by atoms with Gasteiger partial charge in [0.15, 0.2) is 5.76 Å². The Kier molecular flexibility index (Phi) is 3.96. The maximum atomic E-state index is 12.8. The molecule has 1 heterocycles. The van der Waals surface area contributed by atoms with Crippen molar-refractivity contribution in [3.63, 3.8) is 0 Å². The van der Waals surface area contributed by atoms with Crippen LogP contribution in [0.4, 0.5) is 0 Å². The largest absolute Gasteiger partial charge is 0.503 e. The Morgan fingerprint density at radius 3 is 2.36 bits per heavy atom. The summed E-state index contributed by atoms with van der Waals surface area (Å²) < 4.78 is 5.19. The Morgan fingerprint density at radius 2 is 1.76 bits per heavy atom. The molecule has 25 heavy (non-hydrogen) atoms. The lowest BCUT2D eigenvalue weighted by Crippen LogP contribution is -2.36. The van der Waals surface area contributed by atoms with Gasteiger partial charge in [-0.2, -0.15) is 0 Å². The molecule has 2 aromatic rings. The lowest BCUT2D eigenvalue weighted by molar-refractivity contribution is -0.130. The molecule has 2 aliphatic rings. The van der Waals surface area contributed by atoms with Crippen molar-refractivity contribution >= 4 is 11.5 Å². The van der Waals surface area contributed by atoms with Gasteiger partial charge in [0.2, 0.25) is 0 Å². The zero-order valence-electron chi connectivity index (χ0n) is 14.2. The highest BCUT2D eigenvalue weighted by Crippen LogP contribution is 2.46. The molecule has 1 aliphatic heterocycles. The van der Waals surface area contributed by atoms with Crippen LogP contribution >= 0.6 is 0 Å². The number of carbonyl (C=O) groups excluding carboxylic acids is 1. The molecule has 128 valence electrons. The number of hydrogen-bond donors (Lipinski definition) is 1. The first kappa shape index (κ1) is 15.8. The van der Waals surface area contributed by atoms with Gasteiger partial charge in [-0.3, -0.25) is 4.79 Å². The van der Waals surface area contributed by atoms with E-state index in [0.717, 1.165) is 35.3 Å². The van der Waals surface area contributed by atoms with E-state index < -0.39 is 0 Å². The van der Waals surface area contributed by atoms with Gasteiger partial charge in [-0.1, -0.05) is 42.5 Å². The average molecular weight is 335 g/mol. The second kappa shape index (κ2) is 6.28. The molecule has 4 rings (SSSR count). The third kappa shape index (κ3) is 2.88. The van der Waals surface area contributed by atoms with Crippen molar-refractivity contribution in [3.05, 3.63) is 71.5 Å². The number of hydrogen-bond acceptors (Lipinski definition) is 3. The molecule has 1 amide bonds. The topological polar surface area (TPSA) is 49.8 Å². The van der Waals surface area contributed by atoms with E-state index in [1.54, 1.807) is 7.11 Å². The van der Waals surface area contributed by atoms with Crippen LogP contribution < -0.4 is 4.74 Å². The molecule has 1 atom stereocenters. The van der Waals surface area contributed by atoms with Gasteiger partial charge < -0.3 is 14.7 Å². The predicted molar refractivity (Wildman–Crippen MR) is 96.0 cm³/mol. The highest BCUT2D eigenvalue weighted by atomic mass is 16.5. The van der Waals surface area contributed by atoms with Gasteiger partial charge in [0.1, 0.15) is 5.75 Å². The number of amides is 1. The SMILES string of the molecule is COc1ccc(CN2C(=O)C(O)=C(c3ccccc3)C2C2CC2)cc1. The second-order valence-corrected chi connectivity index (χ2v) is 6.69. The maximum Gasteiger partial charge on any atom is 0.289 e. The fraction of sp³-hybridized carbons (Fsp3) is 0.286. The monoisotopic (exact) mass is 335 g/mol. The van der Waals surface area contributed by atoms with E-state index in [-0.39, 0.29) is 17.7 Å². The minimum atomic E-state index is -0.272. The van der Waals surface area contributed by atoms with Gasteiger partial charge in [0.25, 0.3) is 5.91 Å². The third-order valence-electron chi connectivity index (χ3n) is 5.02. The Labute approximate surface area is 147 Å². The second-order valence-electron chi connectivity index (χ2n) is 6.69. The number of nitrogens with zero attached hydrogens (tertiary/aromatic N) is 1. The van der Waals surface area contributed by atoms with Crippen LogP contribution in [0.5, 0.6) is 5.75 Å². The van der Waals surface area contributed by atoms with E-state index in [1.807, 2.05) is 59.5 Å². The van der Waals surface area contributed by atoms with Crippen molar-refractivity contribution in [2.45, 2.75) is 25.4 Å². The van der Waals surface area contributed by atoms with Gasteiger partial charge >= 0.3 is 0 Å². The summed E-state index contributed by atoms with van der Waals surface area (Å²) >= 11 is 0. The number of ether oxygens (including phenoxy) is 1. The summed E-state index contributed by atoms with van der Waals surface area (Å²) in [6.07, 6.45) is 2.20. The lowest BCUT2D eigenvalue weighted by Gasteiger charge is -2.27. The number of aliphatic hydroxyl groups excluding tert-OH is 1. The molecule has 0 radical (unpaired) electrons. The van der Waals surface area contributed by atoms with Gasteiger partial charge in [-0.15, -0.1) is 0 Å². The number of aliphatic hydroxyl groups is 1. The quantitative estimate of drug-likeness (QED) is 0.904. The van der Waals surface area contributed by atoms with Crippen molar-refractivity contribution in [2.75, 3.05) is 7.11 Å². The molecule has 0 spiro atoms. The van der Waals surface area contributed by atoms with Crippen LogP contribution in [0, 0.1) is 5.92 Å². The molecule has 1 saturated carbocycles. The first-order valence-corrected chi connectivity index (χ1v) is 8.61. The molecule has 0 aromatic heterocycles. The highest BCUT2D eigenvalue weighted by Gasteiger charge is 2.47. The first-order chi connectivity index (χ1) is 12.2. The number of methoxy groups -OCH3 is 1. The Bertz CT molecular complexity index is 807. The van der Waals surface area contributed by atoms with Crippen molar-refractivity contribution < 1.29 is 14.6 Å². The Hall–Kier alpha value is -2.75. The van der Waals surface area contributed by atoms with Crippen LogP contribution in [0.1, 0.15) is 24.0 Å². The zero-order chi connectivity index (χ0) is 17.4. The lowest BCUT2D eigenvalue weighted by atomic mass is 9.95. The van der Waals surface area contributed by atoms with Crippen LogP contribution in [-0.4, -0.2) is 29.1 Å². The Morgan fingerprint density at radius 1 is 1.08 bits per heavy atom.